The Morgan fingerprint density at radius 3 is 0.800 bits per heavy atom. The second-order valence-corrected chi connectivity index (χ2v) is 4.90. The molecule has 14 heteroatoms. The molecule has 0 aliphatic rings. The van der Waals surface area contributed by atoms with Gasteiger partial charge >= 0.3 is 24.6 Å². The minimum atomic E-state index is -1.83. The SMILES string of the molecule is Clc1ccccc1-c1ccccc1Cl.O=C(O)O.O=C(O)O.O=C(O)O.O=C(O)O. The van der Waals surface area contributed by atoms with Crippen LogP contribution in [0.3, 0.4) is 0 Å². The molecule has 0 atom stereocenters. The first-order valence-electron chi connectivity index (χ1n) is 6.89. The molecular formula is C16H16Cl2O12. The molecule has 0 saturated carbocycles. The van der Waals surface area contributed by atoms with Gasteiger partial charge in [-0.25, -0.2) is 19.2 Å². The van der Waals surface area contributed by atoms with E-state index in [0.29, 0.717) is 0 Å². The molecule has 0 aromatic heterocycles. The first-order valence-corrected chi connectivity index (χ1v) is 7.64. The van der Waals surface area contributed by atoms with Crippen LogP contribution in [0.1, 0.15) is 0 Å². The lowest BCUT2D eigenvalue weighted by atomic mass is 10.1. The van der Waals surface area contributed by atoms with Crippen LogP contribution in [0.5, 0.6) is 0 Å². The second-order valence-electron chi connectivity index (χ2n) is 4.09. The second kappa shape index (κ2) is 18.5. The summed E-state index contributed by atoms with van der Waals surface area (Å²) in [6.45, 7) is 0. The first-order chi connectivity index (χ1) is 13.7. The van der Waals surface area contributed by atoms with Crippen molar-refractivity contribution in [1.29, 1.82) is 0 Å². The third kappa shape index (κ3) is 26.3. The summed E-state index contributed by atoms with van der Waals surface area (Å²) in [6, 6.07) is 15.4. The Labute approximate surface area is 178 Å². The van der Waals surface area contributed by atoms with Gasteiger partial charge in [0.25, 0.3) is 0 Å². The number of hydrogen-bond acceptors (Lipinski definition) is 4. The van der Waals surface area contributed by atoms with E-state index in [1.54, 1.807) is 0 Å². The maximum Gasteiger partial charge on any atom is 0.503 e. The highest BCUT2D eigenvalue weighted by Crippen LogP contribution is 2.32. The van der Waals surface area contributed by atoms with Crippen molar-refractivity contribution < 1.29 is 60.0 Å². The van der Waals surface area contributed by atoms with Crippen molar-refractivity contribution in [1.82, 2.24) is 0 Å². The zero-order valence-corrected chi connectivity index (χ0v) is 16.1. The van der Waals surface area contributed by atoms with Gasteiger partial charge in [-0.3, -0.25) is 0 Å². The van der Waals surface area contributed by atoms with Crippen LogP contribution in [-0.4, -0.2) is 65.5 Å². The molecule has 30 heavy (non-hydrogen) atoms. The van der Waals surface area contributed by atoms with Crippen molar-refractivity contribution in [2.24, 2.45) is 0 Å². The zero-order valence-electron chi connectivity index (χ0n) is 14.6. The van der Waals surface area contributed by atoms with Crippen LogP contribution in [0.4, 0.5) is 19.2 Å². The van der Waals surface area contributed by atoms with Crippen molar-refractivity contribution in [2.45, 2.75) is 0 Å². The minimum absolute atomic E-state index is 0.723. The number of hydrogen-bond donors (Lipinski definition) is 8. The summed E-state index contributed by atoms with van der Waals surface area (Å²) in [5, 5.41) is 57.2. The van der Waals surface area contributed by atoms with Gasteiger partial charge in [-0.2, -0.15) is 0 Å². The van der Waals surface area contributed by atoms with Gasteiger partial charge in [0.1, 0.15) is 0 Å². The van der Waals surface area contributed by atoms with Crippen LogP contribution in [0.15, 0.2) is 48.5 Å². The summed E-state index contributed by atoms with van der Waals surface area (Å²) in [5.74, 6) is 0. The van der Waals surface area contributed by atoms with Crippen molar-refractivity contribution in [2.75, 3.05) is 0 Å². The molecule has 8 N–H and O–H groups in total. The van der Waals surface area contributed by atoms with Gasteiger partial charge in [-0.15, -0.1) is 0 Å². The van der Waals surface area contributed by atoms with Gasteiger partial charge in [-0.1, -0.05) is 59.6 Å². The Morgan fingerprint density at radius 2 is 0.633 bits per heavy atom. The van der Waals surface area contributed by atoms with Crippen LogP contribution in [0.25, 0.3) is 11.1 Å². The molecule has 0 amide bonds. The molecule has 0 heterocycles. The van der Waals surface area contributed by atoms with Crippen LogP contribution in [0.2, 0.25) is 10.0 Å². The van der Waals surface area contributed by atoms with E-state index < -0.39 is 24.6 Å². The molecule has 0 saturated heterocycles. The highest BCUT2D eigenvalue weighted by Gasteiger charge is 2.05. The van der Waals surface area contributed by atoms with E-state index in [9.17, 15) is 0 Å². The number of rotatable bonds is 1. The van der Waals surface area contributed by atoms with Crippen molar-refractivity contribution in [3.8, 4) is 11.1 Å². The smallest absolute Gasteiger partial charge is 0.450 e. The molecule has 0 spiro atoms. The van der Waals surface area contributed by atoms with E-state index in [0.717, 1.165) is 21.2 Å². The Balaban J connectivity index is -0.000000378. The van der Waals surface area contributed by atoms with E-state index in [1.165, 1.54) is 0 Å². The summed E-state index contributed by atoms with van der Waals surface area (Å²) in [7, 11) is 0. The third-order valence-electron chi connectivity index (χ3n) is 2.04. The standard InChI is InChI=1S/C12H8Cl2.4CH2O3/c13-11-7-3-1-5-9(11)10-6-2-4-8-12(10)14;4*2-1(3)4/h1-8H;4*(H2,2,3,4). The van der Waals surface area contributed by atoms with Gasteiger partial charge in [0.15, 0.2) is 0 Å². The number of carboxylic acid groups (broad SMARTS) is 8. The van der Waals surface area contributed by atoms with Crippen molar-refractivity contribution in [3.05, 3.63) is 58.6 Å². The number of carbonyl (C=O) groups is 4. The largest absolute Gasteiger partial charge is 0.503 e. The first kappa shape index (κ1) is 30.8. The number of halogens is 2. The minimum Gasteiger partial charge on any atom is -0.450 e. The summed E-state index contributed by atoms with van der Waals surface area (Å²) in [6.07, 6.45) is -7.33. The summed E-state index contributed by atoms with van der Waals surface area (Å²) in [4.78, 5) is 34.2. The van der Waals surface area contributed by atoms with E-state index in [-0.39, 0.29) is 0 Å². The molecule has 12 nitrogen and oxygen atoms in total. The van der Waals surface area contributed by atoms with Crippen molar-refractivity contribution in [3.63, 3.8) is 0 Å². The van der Waals surface area contributed by atoms with Gasteiger partial charge in [-0.05, 0) is 12.1 Å². The Morgan fingerprint density at radius 1 is 0.467 bits per heavy atom. The highest BCUT2D eigenvalue weighted by atomic mass is 35.5. The molecule has 0 bridgehead atoms. The average molecular weight is 471 g/mol. The zero-order chi connectivity index (χ0) is 24.3. The average Bonchev–Trinajstić information content (AvgIpc) is 2.54. The van der Waals surface area contributed by atoms with E-state index >= 15 is 0 Å². The van der Waals surface area contributed by atoms with E-state index in [1.807, 2.05) is 48.5 Å². The lowest BCUT2D eigenvalue weighted by Crippen LogP contribution is -1.81. The van der Waals surface area contributed by atoms with Gasteiger partial charge in [0.2, 0.25) is 0 Å². The van der Waals surface area contributed by atoms with Crippen LogP contribution < -0.4 is 0 Å². The molecule has 166 valence electrons. The van der Waals surface area contributed by atoms with E-state index in [4.69, 9.17) is 83.2 Å². The Hall–Kier alpha value is -3.90. The predicted octanol–water partition coefficient (Wildman–Crippen LogP) is 5.55. The molecule has 2 aromatic rings. The fraction of sp³-hybridized carbons (Fsp3) is 0. The van der Waals surface area contributed by atoms with E-state index in [2.05, 4.69) is 0 Å². The lowest BCUT2D eigenvalue weighted by molar-refractivity contribution is 0.135. The summed E-state index contributed by atoms with van der Waals surface area (Å²) < 4.78 is 0. The van der Waals surface area contributed by atoms with Gasteiger partial charge in [0.05, 0.1) is 0 Å². The third-order valence-corrected chi connectivity index (χ3v) is 2.70. The Bertz CT molecular complexity index is 703. The maximum atomic E-state index is 8.56. The lowest BCUT2D eigenvalue weighted by Gasteiger charge is -2.05. The summed E-state index contributed by atoms with van der Waals surface area (Å²) in [5.41, 5.74) is 1.94. The van der Waals surface area contributed by atoms with Crippen LogP contribution >= 0.6 is 23.2 Å². The number of benzene rings is 2. The fourth-order valence-electron chi connectivity index (χ4n) is 1.36. The van der Waals surface area contributed by atoms with Crippen LogP contribution in [-0.2, 0) is 0 Å². The maximum absolute atomic E-state index is 8.56. The topological polar surface area (TPSA) is 230 Å². The molecule has 0 aliphatic carbocycles. The fourth-order valence-corrected chi connectivity index (χ4v) is 1.83. The monoisotopic (exact) mass is 470 g/mol. The highest BCUT2D eigenvalue weighted by molar-refractivity contribution is 6.36. The Kier molecular flexibility index (Phi) is 19.0. The molecule has 2 aromatic carbocycles. The predicted molar refractivity (Wildman–Crippen MR) is 105 cm³/mol. The van der Waals surface area contributed by atoms with Gasteiger partial charge in [0, 0.05) is 21.2 Å². The summed E-state index contributed by atoms with van der Waals surface area (Å²) >= 11 is 12.1. The molecular weight excluding hydrogens is 455 g/mol. The molecule has 0 unspecified atom stereocenters. The molecule has 0 radical (unpaired) electrons. The quantitative estimate of drug-likeness (QED) is 0.256. The molecule has 0 fully saturated rings. The van der Waals surface area contributed by atoms with Crippen LogP contribution in [0, 0.1) is 0 Å². The molecule has 2 rings (SSSR count). The van der Waals surface area contributed by atoms with Crippen molar-refractivity contribution >= 4 is 47.8 Å². The normalized spacial score (nSPS) is 7.93. The van der Waals surface area contributed by atoms with Gasteiger partial charge < -0.3 is 40.9 Å². The molecule has 0 aliphatic heterocycles.